The predicted octanol–water partition coefficient (Wildman–Crippen LogP) is 5.49. The van der Waals surface area contributed by atoms with Crippen LogP contribution in [0.3, 0.4) is 0 Å². The Kier molecular flexibility index (Phi) is 4.84. The van der Waals surface area contributed by atoms with Gasteiger partial charge in [0.2, 0.25) is 0 Å². The summed E-state index contributed by atoms with van der Waals surface area (Å²) in [7, 11) is 0. The lowest BCUT2D eigenvalue weighted by molar-refractivity contribution is 0.0985. The van der Waals surface area contributed by atoms with Gasteiger partial charge in [-0.2, -0.15) is 0 Å². The number of hydrogen-bond donors (Lipinski definition) is 0. The fourth-order valence-electron chi connectivity index (χ4n) is 2.96. The van der Waals surface area contributed by atoms with E-state index in [1.165, 1.54) is 0 Å². The molecule has 27 heavy (non-hydrogen) atoms. The SMILES string of the molecule is O=C(c1cc(Cl)ccc1Cl)N(Cc1cnc2ccccn12)c1ccccc1. The van der Waals surface area contributed by atoms with Crippen molar-refractivity contribution in [3.8, 4) is 0 Å². The highest BCUT2D eigenvalue weighted by Crippen LogP contribution is 2.26. The molecule has 2 heterocycles. The van der Waals surface area contributed by atoms with Crippen LogP contribution in [0.15, 0.2) is 79.1 Å². The van der Waals surface area contributed by atoms with E-state index >= 15 is 0 Å². The monoisotopic (exact) mass is 395 g/mol. The number of fused-ring (bicyclic) bond motifs is 1. The lowest BCUT2D eigenvalue weighted by Gasteiger charge is -2.23. The summed E-state index contributed by atoms with van der Waals surface area (Å²) in [6, 6.07) is 20.1. The van der Waals surface area contributed by atoms with Crippen molar-refractivity contribution in [3.63, 3.8) is 0 Å². The zero-order valence-electron chi connectivity index (χ0n) is 14.2. The molecule has 2 aromatic carbocycles. The molecule has 0 saturated heterocycles. The molecule has 4 aromatic rings. The number of amides is 1. The summed E-state index contributed by atoms with van der Waals surface area (Å²) in [4.78, 5) is 19.4. The zero-order chi connectivity index (χ0) is 18.8. The number of para-hydroxylation sites is 1. The van der Waals surface area contributed by atoms with Gasteiger partial charge in [-0.3, -0.25) is 4.79 Å². The third-order valence-corrected chi connectivity index (χ3v) is 4.85. The van der Waals surface area contributed by atoms with Gasteiger partial charge in [0.1, 0.15) is 5.65 Å². The average Bonchev–Trinajstić information content (AvgIpc) is 3.11. The van der Waals surface area contributed by atoms with Gasteiger partial charge < -0.3 is 9.30 Å². The maximum atomic E-state index is 13.3. The zero-order valence-corrected chi connectivity index (χ0v) is 15.7. The van der Waals surface area contributed by atoms with Gasteiger partial charge in [0.15, 0.2) is 0 Å². The van der Waals surface area contributed by atoms with Gasteiger partial charge >= 0.3 is 0 Å². The smallest absolute Gasteiger partial charge is 0.260 e. The quantitative estimate of drug-likeness (QED) is 0.458. The number of halogens is 2. The Morgan fingerprint density at radius 1 is 1.00 bits per heavy atom. The van der Waals surface area contributed by atoms with Crippen molar-refractivity contribution in [2.75, 3.05) is 4.90 Å². The van der Waals surface area contributed by atoms with Gasteiger partial charge in [-0.1, -0.05) is 47.5 Å². The number of imidazole rings is 1. The minimum atomic E-state index is -0.223. The van der Waals surface area contributed by atoms with Gasteiger partial charge in [-0.05, 0) is 42.5 Å². The lowest BCUT2D eigenvalue weighted by Crippen LogP contribution is -2.31. The van der Waals surface area contributed by atoms with E-state index in [-0.39, 0.29) is 5.91 Å². The van der Waals surface area contributed by atoms with Crippen molar-refractivity contribution in [2.24, 2.45) is 0 Å². The summed E-state index contributed by atoms with van der Waals surface area (Å²) in [5.41, 5.74) is 2.85. The van der Waals surface area contributed by atoms with E-state index in [1.54, 1.807) is 29.3 Å². The third kappa shape index (κ3) is 3.54. The van der Waals surface area contributed by atoms with Gasteiger partial charge in [-0.25, -0.2) is 4.98 Å². The molecule has 0 aliphatic rings. The van der Waals surface area contributed by atoms with Gasteiger partial charge in [0.05, 0.1) is 29.0 Å². The standard InChI is InChI=1S/C21H15Cl2N3O/c22-15-9-10-19(23)18(12-15)21(27)26(16-6-2-1-3-7-16)14-17-13-24-20-8-4-5-11-25(17)20/h1-13H,14H2. The first-order valence-electron chi connectivity index (χ1n) is 8.36. The average molecular weight is 396 g/mol. The topological polar surface area (TPSA) is 37.6 Å². The number of pyridine rings is 1. The van der Waals surface area contributed by atoms with E-state index in [9.17, 15) is 4.79 Å². The first kappa shape index (κ1) is 17.6. The van der Waals surface area contributed by atoms with E-state index in [0.29, 0.717) is 22.2 Å². The van der Waals surface area contributed by atoms with Crippen LogP contribution < -0.4 is 4.90 Å². The lowest BCUT2D eigenvalue weighted by atomic mass is 10.1. The van der Waals surface area contributed by atoms with E-state index < -0.39 is 0 Å². The largest absolute Gasteiger partial charge is 0.302 e. The Morgan fingerprint density at radius 2 is 1.78 bits per heavy atom. The molecule has 0 atom stereocenters. The van der Waals surface area contributed by atoms with Crippen molar-refractivity contribution < 1.29 is 4.79 Å². The first-order valence-corrected chi connectivity index (χ1v) is 9.12. The molecule has 0 bridgehead atoms. The Morgan fingerprint density at radius 3 is 2.59 bits per heavy atom. The number of hydrogen-bond acceptors (Lipinski definition) is 2. The summed E-state index contributed by atoms with van der Waals surface area (Å²) in [6.45, 7) is 0.344. The third-order valence-electron chi connectivity index (χ3n) is 4.29. The number of anilines is 1. The molecule has 6 heteroatoms. The van der Waals surface area contributed by atoms with Crippen LogP contribution in [-0.2, 0) is 6.54 Å². The van der Waals surface area contributed by atoms with Crippen LogP contribution in [0, 0.1) is 0 Å². The molecule has 2 aromatic heterocycles. The summed E-state index contributed by atoms with van der Waals surface area (Å²) in [5.74, 6) is -0.223. The second-order valence-corrected chi connectivity index (χ2v) is 6.87. The van der Waals surface area contributed by atoms with Gasteiger partial charge in [0, 0.05) is 16.9 Å². The minimum Gasteiger partial charge on any atom is -0.302 e. The molecule has 1 amide bonds. The first-order chi connectivity index (χ1) is 13.1. The van der Waals surface area contributed by atoms with E-state index in [2.05, 4.69) is 4.98 Å². The molecule has 4 rings (SSSR count). The van der Waals surface area contributed by atoms with Crippen LogP contribution >= 0.6 is 23.2 Å². The minimum absolute atomic E-state index is 0.223. The molecule has 134 valence electrons. The second kappa shape index (κ2) is 7.43. The van der Waals surface area contributed by atoms with Crippen molar-refractivity contribution in [3.05, 3.63) is 100 Å². The molecular formula is C21H15Cl2N3O. The summed E-state index contributed by atoms with van der Waals surface area (Å²) in [5, 5.41) is 0.828. The summed E-state index contributed by atoms with van der Waals surface area (Å²) >= 11 is 12.4. The van der Waals surface area contributed by atoms with E-state index in [0.717, 1.165) is 17.0 Å². The molecule has 0 N–H and O–H groups in total. The summed E-state index contributed by atoms with van der Waals surface area (Å²) in [6.07, 6.45) is 3.70. The number of carbonyl (C=O) groups is 1. The Balaban J connectivity index is 1.78. The number of carbonyl (C=O) groups excluding carboxylic acids is 1. The van der Waals surface area contributed by atoms with E-state index in [1.807, 2.05) is 59.1 Å². The molecule has 0 radical (unpaired) electrons. The highest BCUT2D eigenvalue weighted by Gasteiger charge is 2.22. The fraction of sp³-hybridized carbons (Fsp3) is 0.0476. The van der Waals surface area contributed by atoms with Crippen molar-refractivity contribution in [2.45, 2.75) is 6.54 Å². The molecule has 0 saturated carbocycles. The summed E-state index contributed by atoms with van der Waals surface area (Å²) < 4.78 is 1.96. The van der Waals surface area contributed by atoms with Crippen LogP contribution in [0.4, 0.5) is 5.69 Å². The highest BCUT2D eigenvalue weighted by atomic mass is 35.5. The highest BCUT2D eigenvalue weighted by molar-refractivity contribution is 6.36. The van der Waals surface area contributed by atoms with Crippen LogP contribution in [0.5, 0.6) is 0 Å². The Labute approximate surface area is 166 Å². The molecule has 0 aliphatic heterocycles. The van der Waals surface area contributed by atoms with Crippen LogP contribution in [0.25, 0.3) is 5.65 Å². The van der Waals surface area contributed by atoms with E-state index in [4.69, 9.17) is 23.2 Å². The predicted molar refractivity (Wildman–Crippen MR) is 109 cm³/mol. The van der Waals surface area contributed by atoms with Crippen LogP contribution in [-0.4, -0.2) is 15.3 Å². The van der Waals surface area contributed by atoms with Crippen LogP contribution in [0.2, 0.25) is 10.0 Å². The molecule has 0 unspecified atom stereocenters. The maximum Gasteiger partial charge on any atom is 0.260 e. The Hall–Kier alpha value is -2.82. The van der Waals surface area contributed by atoms with Crippen LogP contribution in [0.1, 0.15) is 16.1 Å². The second-order valence-electron chi connectivity index (χ2n) is 6.03. The number of nitrogens with zero attached hydrogens (tertiary/aromatic N) is 3. The maximum absolute atomic E-state index is 13.3. The van der Waals surface area contributed by atoms with Gasteiger partial charge in [-0.15, -0.1) is 0 Å². The number of rotatable bonds is 4. The van der Waals surface area contributed by atoms with Gasteiger partial charge in [0.25, 0.3) is 5.91 Å². The molecule has 4 nitrogen and oxygen atoms in total. The Bertz CT molecular complexity index is 1110. The molecule has 0 fully saturated rings. The molecule has 0 aliphatic carbocycles. The fourth-order valence-corrected chi connectivity index (χ4v) is 3.33. The van der Waals surface area contributed by atoms with Crippen molar-refractivity contribution in [1.82, 2.24) is 9.38 Å². The molecule has 0 spiro atoms. The normalized spacial score (nSPS) is 10.9. The van der Waals surface area contributed by atoms with Crippen molar-refractivity contribution in [1.29, 1.82) is 0 Å². The molecular weight excluding hydrogens is 381 g/mol. The number of aromatic nitrogens is 2. The number of benzene rings is 2. The van der Waals surface area contributed by atoms with Crippen molar-refractivity contribution >= 4 is 40.4 Å².